The first-order valence-electron chi connectivity index (χ1n) is 24.0. The monoisotopic (exact) mass is 872 g/mol. The molecule has 318 valence electrons. The Morgan fingerprint density at radius 1 is 0.261 bits per heavy atom. The smallest absolute Gasteiger partial charge is 0.252 e. The fraction of sp³-hybridized carbons (Fsp3) is 0. The molecule has 2 heterocycles. The van der Waals surface area contributed by atoms with Crippen LogP contribution in [0.3, 0.4) is 0 Å². The van der Waals surface area contributed by atoms with Crippen LogP contribution in [0, 0.1) is 0 Å². The first kappa shape index (κ1) is 38.2. The summed E-state index contributed by atoms with van der Waals surface area (Å²) < 4.78 is 0. The average Bonchev–Trinajstić information content (AvgIpc) is 3.42. The fourth-order valence-corrected chi connectivity index (χ4v) is 12.0. The maximum Gasteiger partial charge on any atom is 0.252 e. The fourth-order valence-electron chi connectivity index (χ4n) is 12.0. The van der Waals surface area contributed by atoms with Crippen LogP contribution in [0.1, 0.15) is 0 Å². The largest absolute Gasteiger partial charge is 0.311 e. The third-order valence-electron chi connectivity index (χ3n) is 15.1. The third-order valence-corrected chi connectivity index (χ3v) is 15.1. The lowest BCUT2D eigenvalue weighted by molar-refractivity contribution is 1.27. The maximum atomic E-state index is 2.58. The van der Waals surface area contributed by atoms with Gasteiger partial charge < -0.3 is 9.80 Å². The minimum Gasteiger partial charge on any atom is -0.311 e. The van der Waals surface area contributed by atoms with Crippen molar-refractivity contribution in [2.75, 3.05) is 9.80 Å². The Morgan fingerprint density at radius 2 is 0.638 bits per heavy atom. The molecule has 0 unspecified atom stereocenters. The van der Waals surface area contributed by atoms with E-state index in [-0.39, 0.29) is 6.71 Å². The molecule has 13 aromatic rings. The highest BCUT2D eigenvalue weighted by atomic mass is 15.2. The SMILES string of the molecule is c1ccc(-c2ccc(N3c4cc(-c5cc6ccc7cccc8ccc(c5)c6c78)cc5c4B(c4ccc6ccccc6c43)c3ccc4ccccc4c3N5c3ccc(-c4ccccc4)cc3)cc2)cc1. The summed E-state index contributed by atoms with van der Waals surface area (Å²) in [5.74, 6) is 0. The van der Waals surface area contributed by atoms with Gasteiger partial charge in [-0.1, -0.05) is 200 Å². The van der Waals surface area contributed by atoms with E-state index in [0.29, 0.717) is 0 Å². The van der Waals surface area contributed by atoms with E-state index in [4.69, 9.17) is 0 Å². The average molecular weight is 873 g/mol. The van der Waals surface area contributed by atoms with Crippen LogP contribution in [0.4, 0.5) is 34.1 Å². The van der Waals surface area contributed by atoms with Crippen LogP contribution < -0.4 is 26.2 Å². The molecule has 0 radical (unpaired) electrons. The van der Waals surface area contributed by atoms with Crippen molar-refractivity contribution in [3.63, 3.8) is 0 Å². The normalized spacial score (nSPS) is 12.8. The van der Waals surface area contributed by atoms with E-state index in [1.807, 2.05) is 0 Å². The van der Waals surface area contributed by atoms with Crippen molar-refractivity contribution < 1.29 is 0 Å². The lowest BCUT2D eigenvalue weighted by atomic mass is 9.33. The molecule has 15 rings (SSSR count). The Labute approximate surface area is 401 Å². The van der Waals surface area contributed by atoms with Gasteiger partial charge in [0.05, 0.1) is 0 Å². The van der Waals surface area contributed by atoms with Gasteiger partial charge in [-0.15, -0.1) is 0 Å². The molecule has 0 saturated heterocycles. The Hall–Kier alpha value is -8.92. The van der Waals surface area contributed by atoms with E-state index >= 15 is 0 Å². The van der Waals surface area contributed by atoms with Crippen LogP contribution in [0.2, 0.25) is 0 Å². The molecule has 0 aromatic heterocycles. The second kappa shape index (κ2) is 14.8. The molecule has 3 heteroatoms. The van der Waals surface area contributed by atoms with Crippen molar-refractivity contribution in [3.05, 3.63) is 249 Å². The van der Waals surface area contributed by atoms with E-state index in [1.165, 1.54) is 126 Å². The molecule has 69 heavy (non-hydrogen) atoms. The van der Waals surface area contributed by atoms with Gasteiger partial charge in [-0.05, 0) is 141 Å². The van der Waals surface area contributed by atoms with Gasteiger partial charge in [0.1, 0.15) is 0 Å². The van der Waals surface area contributed by atoms with Crippen LogP contribution in [0.15, 0.2) is 249 Å². The highest BCUT2D eigenvalue weighted by Crippen LogP contribution is 2.50. The van der Waals surface area contributed by atoms with E-state index < -0.39 is 0 Å². The quantitative estimate of drug-likeness (QED) is 0.126. The zero-order chi connectivity index (χ0) is 45.2. The lowest BCUT2D eigenvalue weighted by Gasteiger charge is -2.45. The molecule has 0 aliphatic carbocycles. The van der Waals surface area contributed by atoms with Crippen molar-refractivity contribution in [2.45, 2.75) is 0 Å². The van der Waals surface area contributed by atoms with Gasteiger partial charge in [-0.3, -0.25) is 0 Å². The van der Waals surface area contributed by atoms with Crippen molar-refractivity contribution >= 4 is 111 Å². The second-order valence-corrected chi connectivity index (χ2v) is 18.8. The van der Waals surface area contributed by atoms with Gasteiger partial charge >= 0.3 is 0 Å². The van der Waals surface area contributed by atoms with Crippen LogP contribution in [0.25, 0.3) is 87.2 Å². The van der Waals surface area contributed by atoms with Crippen molar-refractivity contribution in [1.82, 2.24) is 0 Å². The molecule has 2 aliphatic heterocycles. The molecule has 0 atom stereocenters. The molecule has 0 bridgehead atoms. The third kappa shape index (κ3) is 5.74. The number of rotatable bonds is 5. The van der Waals surface area contributed by atoms with Crippen LogP contribution in [-0.2, 0) is 0 Å². The molecule has 0 spiro atoms. The summed E-state index contributed by atoms with van der Waals surface area (Å²) in [6.07, 6.45) is 0. The minimum absolute atomic E-state index is 0.0339. The predicted molar refractivity (Wildman–Crippen MR) is 295 cm³/mol. The van der Waals surface area contributed by atoms with E-state index in [9.17, 15) is 0 Å². The van der Waals surface area contributed by atoms with Gasteiger partial charge in [-0.25, -0.2) is 0 Å². The van der Waals surface area contributed by atoms with E-state index in [2.05, 4.69) is 259 Å². The number of fused-ring (bicyclic) bond motifs is 8. The summed E-state index contributed by atoms with van der Waals surface area (Å²) in [4.78, 5) is 5.16. The van der Waals surface area contributed by atoms with Crippen molar-refractivity contribution in [1.29, 1.82) is 0 Å². The van der Waals surface area contributed by atoms with Gasteiger partial charge in [0.15, 0.2) is 0 Å². The van der Waals surface area contributed by atoms with Gasteiger partial charge in [0, 0.05) is 44.9 Å². The summed E-state index contributed by atoms with van der Waals surface area (Å²) in [5.41, 5.74) is 18.2. The molecular weight excluding hydrogens is 832 g/mol. The number of hydrogen-bond donors (Lipinski definition) is 0. The molecule has 2 aliphatic rings. The van der Waals surface area contributed by atoms with Gasteiger partial charge in [-0.2, -0.15) is 0 Å². The zero-order valence-electron chi connectivity index (χ0n) is 37.6. The van der Waals surface area contributed by atoms with Crippen LogP contribution in [-0.4, -0.2) is 6.71 Å². The molecular formula is C66H41BN2. The first-order valence-corrected chi connectivity index (χ1v) is 24.0. The lowest BCUT2D eigenvalue weighted by Crippen LogP contribution is -2.61. The Morgan fingerprint density at radius 3 is 1.13 bits per heavy atom. The Balaban J connectivity index is 1.06. The second-order valence-electron chi connectivity index (χ2n) is 18.8. The summed E-state index contributed by atoms with van der Waals surface area (Å²) in [5, 5.41) is 12.7. The topological polar surface area (TPSA) is 6.48 Å². The number of hydrogen-bond acceptors (Lipinski definition) is 2. The highest BCUT2D eigenvalue weighted by Gasteiger charge is 2.44. The summed E-state index contributed by atoms with van der Waals surface area (Å²) in [6, 6.07) is 93.0. The van der Waals surface area contributed by atoms with E-state index in [1.54, 1.807) is 0 Å². The minimum atomic E-state index is -0.0339. The van der Waals surface area contributed by atoms with Crippen molar-refractivity contribution in [3.8, 4) is 33.4 Å². The molecule has 0 fully saturated rings. The Bertz CT molecular complexity index is 3920. The number of benzene rings is 13. The molecule has 13 aromatic carbocycles. The van der Waals surface area contributed by atoms with Crippen LogP contribution in [0.5, 0.6) is 0 Å². The summed E-state index contributed by atoms with van der Waals surface area (Å²) in [7, 11) is 0. The van der Waals surface area contributed by atoms with Crippen LogP contribution >= 0.6 is 0 Å². The standard InChI is InChI=1S/C66H41BN2/c1-3-12-42(13-4-1)44-26-32-54(33-27-44)68-60-40-53(52-38-50-24-22-48-18-11-19-49-23-25-51(39-52)63(50)62(48)49)41-61-64(60)67(58-36-30-46-16-7-9-20-56(46)65(58)68)59-37-31-47-17-8-10-21-57(47)66(59)69(61)55-34-28-45(29-35-55)43-14-5-2-6-15-43/h1-41H. The van der Waals surface area contributed by atoms with Gasteiger partial charge in [0.25, 0.3) is 6.71 Å². The molecule has 0 N–H and O–H groups in total. The zero-order valence-corrected chi connectivity index (χ0v) is 37.6. The molecule has 0 amide bonds. The first-order chi connectivity index (χ1) is 34.2. The Kier molecular flexibility index (Phi) is 8.19. The number of nitrogens with zero attached hydrogens (tertiary/aromatic N) is 2. The number of anilines is 6. The predicted octanol–water partition coefficient (Wildman–Crippen LogP) is 16.0. The van der Waals surface area contributed by atoms with Crippen molar-refractivity contribution in [2.24, 2.45) is 0 Å². The maximum absolute atomic E-state index is 2.58. The highest BCUT2D eigenvalue weighted by molar-refractivity contribution is 7.00. The van der Waals surface area contributed by atoms with Gasteiger partial charge in [0.2, 0.25) is 0 Å². The summed E-state index contributed by atoms with van der Waals surface area (Å²) in [6.45, 7) is -0.0339. The summed E-state index contributed by atoms with van der Waals surface area (Å²) >= 11 is 0. The van der Waals surface area contributed by atoms with E-state index in [0.717, 1.165) is 11.4 Å². The molecule has 2 nitrogen and oxygen atoms in total. The molecule has 0 saturated carbocycles.